The van der Waals surface area contributed by atoms with E-state index in [4.69, 9.17) is 4.74 Å². The first-order chi connectivity index (χ1) is 16.7. The largest absolute Gasteiger partial charge is 0.444 e. The number of Topliss-reactive ketones (excluding diaryl/α,β-unsaturated/α-hetero) is 1. The van der Waals surface area contributed by atoms with Gasteiger partial charge in [-0.15, -0.1) is 5.10 Å². The zero-order valence-corrected chi connectivity index (χ0v) is 19.9. The summed E-state index contributed by atoms with van der Waals surface area (Å²) >= 11 is 0. The summed E-state index contributed by atoms with van der Waals surface area (Å²) in [5, 5.41) is 12.2. The maximum absolute atomic E-state index is 13.5. The van der Waals surface area contributed by atoms with Gasteiger partial charge in [0.05, 0.1) is 41.4 Å². The number of ketones is 1. The molecule has 3 aromatic rings. The number of carbonyl (C=O) groups is 3. The molecule has 0 fully saturated rings. The lowest BCUT2D eigenvalue weighted by Gasteiger charge is -2.21. The summed E-state index contributed by atoms with van der Waals surface area (Å²) < 4.78 is 47.0. The summed E-state index contributed by atoms with van der Waals surface area (Å²) in [6.07, 6.45) is -3.24. The maximum Gasteiger partial charge on any atom is 0.416 e. The third kappa shape index (κ3) is 6.90. The Kier molecular flexibility index (Phi) is 7.46. The Bertz CT molecular complexity index is 1280. The van der Waals surface area contributed by atoms with Crippen molar-refractivity contribution in [2.45, 2.75) is 45.9 Å². The number of hydrogen-bond donors (Lipinski definition) is 2. The highest BCUT2D eigenvalue weighted by Gasteiger charge is 2.34. The molecule has 0 bridgehead atoms. The molecule has 0 saturated carbocycles. The van der Waals surface area contributed by atoms with Crippen LogP contribution in [0.1, 0.15) is 48.7 Å². The van der Waals surface area contributed by atoms with Gasteiger partial charge in [-0.1, -0.05) is 17.3 Å². The highest BCUT2D eigenvalue weighted by molar-refractivity contribution is 6.12. The number of halogens is 3. The van der Waals surface area contributed by atoms with Gasteiger partial charge < -0.3 is 10.1 Å². The Morgan fingerprint density at radius 3 is 2.33 bits per heavy atom. The van der Waals surface area contributed by atoms with E-state index in [-0.39, 0.29) is 22.5 Å². The highest BCUT2D eigenvalue weighted by Crippen LogP contribution is 2.37. The topological polar surface area (TPSA) is 115 Å². The summed E-state index contributed by atoms with van der Waals surface area (Å²) in [5.41, 5.74) is -1.73. The van der Waals surface area contributed by atoms with Crippen molar-refractivity contribution in [1.82, 2.24) is 15.0 Å². The summed E-state index contributed by atoms with van der Waals surface area (Å²) in [5.74, 6) is -1.44. The molecule has 0 atom stereocenters. The third-order valence-corrected chi connectivity index (χ3v) is 4.76. The van der Waals surface area contributed by atoms with E-state index in [1.54, 1.807) is 39.1 Å². The fourth-order valence-corrected chi connectivity index (χ4v) is 3.24. The van der Waals surface area contributed by atoms with Crippen LogP contribution >= 0.6 is 0 Å². The van der Waals surface area contributed by atoms with Crippen molar-refractivity contribution in [3.63, 3.8) is 0 Å². The minimum absolute atomic E-state index is 0.108. The number of alkyl halides is 3. The van der Waals surface area contributed by atoms with Gasteiger partial charge in [-0.25, -0.2) is 9.48 Å². The Balaban J connectivity index is 1.83. The number of carbonyl (C=O) groups excluding carboxylic acids is 3. The van der Waals surface area contributed by atoms with E-state index < -0.39 is 41.5 Å². The van der Waals surface area contributed by atoms with Crippen LogP contribution in [0.2, 0.25) is 0 Å². The van der Waals surface area contributed by atoms with Crippen molar-refractivity contribution in [3.8, 4) is 5.69 Å². The van der Waals surface area contributed by atoms with Gasteiger partial charge >= 0.3 is 12.3 Å². The molecule has 190 valence electrons. The minimum Gasteiger partial charge on any atom is -0.444 e. The molecule has 0 radical (unpaired) electrons. The number of ether oxygens (including phenoxy) is 1. The van der Waals surface area contributed by atoms with Crippen LogP contribution < -0.4 is 10.6 Å². The Hall–Kier alpha value is -4.22. The molecule has 36 heavy (non-hydrogen) atoms. The van der Waals surface area contributed by atoms with Gasteiger partial charge in [0.15, 0.2) is 5.78 Å². The van der Waals surface area contributed by atoms with Gasteiger partial charge in [0, 0.05) is 5.56 Å². The Morgan fingerprint density at radius 1 is 1.03 bits per heavy atom. The van der Waals surface area contributed by atoms with E-state index >= 15 is 0 Å². The molecule has 3 rings (SSSR count). The second kappa shape index (κ2) is 10.2. The number of nitrogens with zero attached hydrogens (tertiary/aromatic N) is 3. The average Bonchev–Trinajstić information content (AvgIpc) is 3.28. The van der Waals surface area contributed by atoms with E-state index in [0.717, 1.165) is 6.07 Å². The molecular formula is C24H24F3N5O4. The molecule has 0 saturated heterocycles. The minimum atomic E-state index is -4.70. The quantitative estimate of drug-likeness (QED) is 0.355. The molecule has 2 amide bonds. The predicted molar refractivity (Wildman–Crippen MR) is 125 cm³/mol. The molecule has 0 aliphatic heterocycles. The molecule has 12 heteroatoms. The SMILES string of the molecule is Cc1cc(NC(=O)OC(C)(C)C)c(NC(=O)CC(=O)c2cccc(-n3ccnn3)c2)cc1C(F)(F)F. The van der Waals surface area contributed by atoms with Gasteiger partial charge in [0.2, 0.25) is 5.91 Å². The molecule has 0 unspecified atom stereocenters. The van der Waals surface area contributed by atoms with Crippen LogP contribution in [0.15, 0.2) is 48.8 Å². The number of hydrogen-bond acceptors (Lipinski definition) is 6. The molecular weight excluding hydrogens is 479 g/mol. The molecule has 0 aliphatic carbocycles. The first-order valence-electron chi connectivity index (χ1n) is 10.7. The van der Waals surface area contributed by atoms with Crippen LogP contribution in [0.5, 0.6) is 0 Å². The predicted octanol–water partition coefficient (Wildman–Crippen LogP) is 5.15. The lowest BCUT2D eigenvalue weighted by molar-refractivity contribution is -0.138. The molecule has 9 nitrogen and oxygen atoms in total. The van der Waals surface area contributed by atoms with Crippen LogP contribution in [-0.4, -0.2) is 38.4 Å². The molecule has 1 aromatic heterocycles. The number of rotatable bonds is 6. The van der Waals surface area contributed by atoms with E-state index in [9.17, 15) is 27.6 Å². The second-order valence-corrected chi connectivity index (χ2v) is 8.88. The smallest absolute Gasteiger partial charge is 0.416 e. The van der Waals surface area contributed by atoms with Crippen molar-refractivity contribution >= 4 is 29.2 Å². The summed E-state index contributed by atoms with van der Waals surface area (Å²) in [6.45, 7) is 6.09. The Labute approximate surface area is 204 Å². The standard InChI is InChI=1S/C24H24F3N5O4/c1-14-10-18(30-22(35)36-23(2,3)4)19(12-17(14)24(25,26)27)29-21(34)13-20(33)15-6-5-7-16(11-15)32-9-8-28-31-32/h5-12H,13H2,1-4H3,(H,29,34)(H,30,35). The maximum atomic E-state index is 13.5. The van der Waals surface area contributed by atoms with Crippen molar-refractivity contribution in [3.05, 3.63) is 65.5 Å². The number of aromatic nitrogens is 3. The molecule has 1 heterocycles. The van der Waals surface area contributed by atoms with E-state index in [1.165, 1.54) is 29.9 Å². The monoisotopic (exact) mass is 503 g/mol. The van der Waals surface area contributed by atoms with Gasteiger partial charge in [-0.3, -0.25) is 14.9 Å². The molecule has 2 N–H and O–H groups in total. The van der Waals surface area contributed by atoms with Crippen LogP contribution in [0, 0.1) is 6.92 Å². The van der Waals surface area contributed by atoms with E-state index in [0.29, 0.717) is 11.8 Å². The number of benzene rings is 2. The summed E-state index contributed by atoms with van der Waals surface area (Å²) in [6, 6.07) is 8.07. The van der Waals surface area contributed by atoms with E-state index in [1.807, 2.05) is 0 Å². The van der Waals surface area contributed by atoms with Crippen molar-refractivity contribution in [2.75, 3.05) is 10.6 Å². The fourth-order valence-electron chi connectivity index (χ4n) is 3.24. The first-order valence-corrected chi connectivity index (χ1v) is 10.7. The highest BCUT2D eigenvalue weighted by atomic mass is 19.4. The lowest BCUT2D eigenvalue weighted by Crippen LogP contribution is -2.28. The summed E-state index contributed by atoms with van der Waals surface area (Å²) in [7, 11) is 0. The lowest BCUT2D eigenvalue weighted by atomic mass is 10.0. The third-order valence-electron chi connectivity index (χ3n) is 4.76. The zero-order chi connectivity index (χ0) is 26.7. The van der Waals surface area contributed by atoms with Crippen LogP contribution in [0.4, 0.5) is 29.3 Å². The number of amides is 2. The van der Waals surface area contributed by atoms with Crippen molar-refractivity contribution < 1.29 is 32.3 Å². The average molecular weight is 503 g/mol. The van der Waals surface area contributed by atoms with Gasteiger partial charge in [0.1, 0.15) is 5.60 Å². The fraction of sp³-hybridized carbons (Fsp3) is 0.292. The number of aryl methyl sites for hydroxylation is 1. The Morgan fingerprint density at radius 2 is 1.72 bits per heavy atom. The van der Waals surface area contributed by atoms with E-state index in [2.05, 4.69) is 20.9 Å². The van der Waals surface area contributed by atoms with Crippen molar-refractivity contribution in [1.29, 1.82) is 0 Å². The van der Waals surface area contributed by atoms with Gasteiger partial charge in [0.25, 0.3) is 0 Å². The number of nitrogens with one attached hydrogen (secondary N) is 2. The molecule has 2 aromatic carbocycles. The van der Waals surface area contributed by atoms with Crippen LogP contribution in [0.3, 0.4) is 0 Å². The molecule has 0 aliphatic rings. The zero-order valence-electron chi connectivity index (χ0n) is 19.9. The van der Waals surface area contributed by atoms with Gasteiger partial charge in [-0.05, 0) is 57.5 Å². The van der Waals surface area contributed by atoms with Crippen molar-refractivity contribution in [2.24, 2.45) is 0 Å². The second-order valence-electron chi connectivity index (χ2n) is 8.88. The summed E-state index contributed by atoms with van der Waals surface area (Å²) in [4.78, 5) is 37.5. The first kappa shape index (κ1) is 26.4. The van der Waals surface area contributed by atoms with Gasteiger partial charge in [-0.2, -0.15) is 13.2 Å². The van der Waals surface area contributed by atoms with Crippen LogP contribution in [0.25, 0.3) is 5.69 Å². The normalized spacial score (nSPS) is 11.6. The number of anilines is 2. The molecule has 0 spiro atoms. The van der Waals surface area contributed by atoms with Crippen LogP contribution in [-0.2, 0) is 15.7 Å².